The lowest BCUT2D eigenvalue weighted by Crippen LogP contribution is -2.07. The molecule has 100 valence electrons. The Balaban J connectivity index is 2.61. The van der Waals surface area contributed by atoms with Crippen LogP contribution >= 0.6 is 0 Å². The second kappa shape index (κ2) is 5.26. The number of hydrogen-bond donors (Lipinski definition) is 0. The van der Waals surface area contributed by atoms with Crippen molar-refractivity contribution in [2.24, 2.45) is 0 Å². The number of carbonyl (C=O) groups is 1. The van der Waals surface area contributed by atoms with Crippen molar-refractivity contribution in [3.05, 3.63) is 39.7 Å². The Morgan fingerprint density at radius 2 is 2.05 bits per heavy atom. The monoisotopic (exact) mass is 260 g/mol. The van der Waals surface area contributed by atoms with Gasteiger partial charge in [-0.2, -0.15) is 0 Å². The number of ether oxygens (including phenoxy) is 1. The second-order valence-electron chi connectivity index (χ2n) is 4.46. The van der Waals surface area contributed by atoms with Gasteiger partial charge >= 0.3 is 0 Å². The summed E-state index contributed by atoms with van der Waals surface area (Å²) in [5, 5.41) is 0.536. The summed E-state index contributed by atoms with van der Waals surface area (Å²) >= 11 is 0. The number of methoxy groups -OCH3 is 1. The summed E-state index contributed by atoms with van der Waals surface area (Å²) in [6.07, 6.45) is 0.580. The summed E-state index contributed by atoms with van der Waals surface area (Å²) in [6.45, 7) is 3.62. The molecule has 1 aromatic carbocycles. The average Bonchev–Trinajstić information content (AvgIpc) is 2.37. The van der Waals surface area contributed by atoms with Crippen LogP contribution in [-0.4, -0.2) is 12.9 Å². The van der Waals surface area contributed by atoms with Crippen LogP contribution in [0.1, 0.15) is 24.7 Å². The van der Waals surface area contributed by atoms with Gasteiger partial charge in [0.15, 0.2) is 5.43 Å². The fourth-order valence-electron chi connectivity index (χ4n) is 2.03. The van der Waals surface area contributed by atoms with Gasteiger partial charge in [-0.25, -0.2) is 0 Å². The van der Waals surface area contributed by atoms with Crippen LogP contribution in [0.15, 0.2) is 27.4 Å². The molecule has 0 saturated heterocycles. The topological polar surface area (TPSA) is 56.5 Å². The standard InChI is InChI=1S/C15H16O4/c1-4-10(16)6-12-7-13(17)15-9(2)5-11(18-3)8-14(15)19-12/h5,7-8H,4,6H2,1-3H3. The van der Waals surface area contributed by atoms with E-state index < -0.39 is 0 Å². The Morgan fingerprint density at radius 3 is 2.68 bits per heavy atom. The smallest absolute Gasteiger partial charge is 0.193 e. The third kappa shape index (κ3) is 2.67. The molecular formula is C15H16O4. The van der Waals surface area contributed by atoms with Crippen LogP contribution in [-0.2, 0) is 11.2 Å². The molecule has 0 N–H and O–H groups in total. The van der Waals surface area contributed by atoms with Crippen molar-refractivity contribution in [2.75, 3.05) is 7.11 Å². The zero-order chi connectivity index (χ0) is 14.0. The van der Waals surface area contributed by atoms with Gasteiger partial charge < -0.3 is 9.15 Å². The lowest BCUT2D eigenvalue weighted by molar-refractivity contribution is -0.118. The third-order valence-electron chi connectivity index (χ3n) is 3.05. The first-order chi connectivity index (χ1) is 9.05. The summed E-state index contributed by atoms with van der Waals surface area (Å²) in [7, 11) is 1.56. The van der Waals surface area contributed by atoms with Crippen LogP contribution in [0.3, 0.4) is 0 Å². The molecule has 0 saturated carbocycles. The second-order valence-corrected chi connectivity index (χ2v) is 4.46. The zero-order valence-electron chi connectivity index (χ0n) is 11.3. The number of fused-ring (bicyclic) bond motifs is 1. The summed E-state index contributed by atoms with van der Waals surface area (Å²) in [5.74, 6) is 1.08. The fourth-order valence-corrected chi connectivity index (χ4v) is 2.03. The van der Waals surface area contributed by atoms with Crippen LogP contribution < -0.4 is 10.2 Å². The van der Waals surface area contributed by atoms with Gasteiger partial charge in [0.05, 0.1) is 18.9 Å². The summed E-state index contributed by atoms with van der Waals surface area (Å²) < 4.78 is 10.8. The zero-order valence-corrected chi connectivity index (χ0v) is 11.3. The minimum atomic E-state index is -0.125. The first kappa shape index (κ1) is 13.3. The molecule has 2 aromatic rings. The molecule has 0 aliphatic heterocycles. The van der Waals surface area contributed by atoms with Crippen LogP contribution in [0.2, 0.25) is 0 Å². The minimum absolute atomic E-state index is 0.0436. The number of carbonyl (C=O) groups excluding carboxylic acids is 1. The van der Waals surface area contributed by atoms with Crippen molar-refractivity contribution in [2.45, 2.75) is 26.7 Å². The summed E-state index contributed by atoms with van der Waals surface area (Å²) in [6, 6.07) is 4.86. The van der Waals surface area contributed by atoms with E-state index in [0.29, 0.717) is 28.9 Å². The average molecular weight is 260 g/mol. The molecule has 1 heterocycles. The van der Waals surface area contributed by atoms with Gasteiger partial charge in [0.25, 0.3) is 0 Å². The molecule has 19 heavy (non-hydrogen) atoms. The summed E-state index contributed by atoms with van der Waals surface area (Å²) in [5.41, 5.74) is 1.14. The maximum atomic E-state index is 12.1. The molecule has 4 heteroatoms. The Labute approximate surface area is 111 Å². The number of rotatable bonds is 4. The van der Waals surface area contributed by atoms with E-state index in [2.05, 4.69) is 0 Å². The van der Waals surface area contributed by atoms with Crippen molar-refractivity contribution < 1.29 is 13.9 Å². The highest BCUT2D eigenvalue weighted by molar-refractivity contribution is 5.83. The summed E-state index contributed by atoms with van der Waals surface area (Å²) in [4.78, 5) is 23.5. The molecule has 1 aromatic heterocycles. The predicted octanol–water partition coefficient (Wildman–Crippen LogP) is 2.63. The van der Waals surface area contributed by atoms with Crippen LogP contribution in [0.5, 0.6) is 5.75 Å². The van der Waals surface area contributed by atoms with Crippen molar-refractivity contribution in [1.29, 1.82) is 0 Å². The number of ketones is 1. The van der Waals surface area contributed by atoms with E-state index in [1.807, 2.05) is 6.92 Å². The lowest BCUT2D eigenvalue weighted by atomic mass is 10.1. The first-order valence-corrected chi connectivity index (χ1v) is 6.18. The van der Waals surface area contributed by atoms with Crippen molar-refractivity contribution in [3.63, 3.8) is 0 Å². The van der Waals surface area contributed by atoms with Crippen LogP contribution in [0.4, 0.5) is 0 Å². The molecule has 0 bridgehead atoms. The Morgan fingerprint density at radius 1 is 1.32 bits per heavy atom. The van der Waals surface area contributed by atoms with E-state index in [9.17, 15) is 9.59 Å². The minimum Gasteiger partial charge on any atom is -0.497 e. The van der Waals surface area contributed by atoms with Gasteiger partial charge in [0.2, 0.25) is 0 Å². The molecule has 0 atom stereocenters. The fraction of sp³-hybridized carbons (Fsp3) is 0.333. The third-order valence-corrected chi connectivity index (χ3v) is 3.05. The number of aryl methyl sites for hydroxylation is 1. The van der Waals surface area contributed by atoms with Crippen molar-refractivity contribution in [1.82, 2.24) is 0 Å². The van der Waals surface area contributed by atoms with Crippen molar-refractivity contribution in [3.8, 4) is 5.75 Å². The highest BCUT2D eigenvalue weighted by Crippen LogP contribution is 2.23. The lowest BCUT2D eigenvalue weighted by Gasteiger charge is -2.07. The number of benzene rings is 1. The van der Waals surface area contributed by atoms with Gasteiger partial charge in [0.1, 0.15) is 22.9 Å². The molecule has 0 spiro atoms. The van der Waals surface area contributed by atoms with Crippen LogP contribution in [0.25, 0.3) is 11.0 Å². The number of Topliss-reactive ketones (excluding diaryl/α,β-unsaturated/α-hetero) is 1. The molecular weight excluding hydrogens is 244 g/mol. The Hall–Kier alpha value is -2.10. The van der Waals surface area contributed by atoms with E-state index in [1.54, 1.807) is 26.2 Å². The van der Waals surface area contributed by atoms with E-state index in [0.717, 1.165) is 5.56 Å². The number of hydrogen-bond acceptors (Lipinski definition) is 4. The molecule has 0 radical (unpaired) electrons. The molecule has 2 rings (SSSR count). The molecule has 0 aliphatic carbocycles. The Bertz CT molecular complexity index is 682. The van der Waals surface area contributed by atoms with Gasteiger partial charge in [-0.1, -0.05) is 6.92 Å². The quantitative estimate of drug-likeness (QED) is 0.848. The van der Waals surface area contributed by atoms with E-state index in [4.69, 9.17) is 9.15 Å². The Kier molecular flexibility index (Phi) is 3.69. The first-order valence-electron chi connectivity index (χ1n) is 6.18. The highest BCUT2D eigenvalue weighted by Gasteiger charge is 2.11. The van der Waals surface area contributed by atoms with E-state index in [1.165, 1.54) is 6.07 Å². The van der Waals surface area contributed by atoms with Gasteiger partial charge in [-0.05, 0) is 18.6 Å². The molecule has 0 amide bonds. The van der Waals surface area contributed by atoms with Gasteiger partial charge in [-0.3, -0.25) is 9.59 Å². The van der Waals surface area contributed by atoms with Gasteiger partial charge in [0, 0.05) is 18.6 Å². The van der Waals surface area contributed by atoms with E-state index in [-0.39, 0.29) is 17.6 Å². The van der Waals surface area contributed by atoms with E-state index >= 15 is 0 Å². The molecule has 0 fully saturated rings. The van der Waals surface area contributed by atoms with Gasteiger partial charge in [-0.15, -0.1) is 0 Å². The SMILES string of the molecule is CCC(=O)Cc1cc(=O)c2c(C)cc(OC)cc2o1. The maximum absolute atomic E-state index is 12.1. The molecule has 0 aliphatic rings. The highest BCUT2D eigenvalue weighted by atomic mass is 16.5. The van der Waals surface area contributed by atoms with Crippen LogP contribution in [0, 0.1) is 6.92 Å². The molecule has 0 unspecified atom stereocenters. The molecule has 4 nitrogen and oxygen atoms in total. The predicted molar refractivity (Wildman–Crippen MR) is 72.8 cm³/mol. The van der Waals surface area contributed by atoms with Crippen molar-refractivity contribution >= 4 is 16.8 Å². The maximum Gasteiger partial charge on any atom is 0.193 e. The normalized spacial score (nSPS) is 10.7. The largest absolute Gasteiger partial charge is 0.497 e.